The molecule has 0 aliphatic carbocycles. The van der Waals surface area contributed by atoms with Crippen molar-refractivity contribution < 1.29 is 37.8 Å². The van der Waals surface area contributed by atoms with Crippen LogP contribution < -0.4 is 5.32 Å². The molecule has 0 saturated heterocycles. The summed E-state index contributed by atoms with van der Waals surface area (Å²) in [5, 5.41) is 24.2. The molecule has 0 aromatic heterocycles. The molecule has 3 aromatic rings. The molecule has 3 aromatic carbocycles. The predicted molar refractivity (Wildman–Crippen MR) is 98.8 cm³/mol. The molecule has 125 valence electrons. The Morgan fingerprint density at radius 3 is 2.40 bits per heavy atom. The second-order valence-corrected chi connectivity index (χ2v) is 5.94. The minimum Gasteiger partial charge on any atom is -0.505 e. The molecule has 4 nitrogen and oxygen atoms in total. The van der Waals surface area contributed by atoms with Gasteiger partial charge in [0, 0.05) is 50.8 Å². The number of aromatic hydroxyl groups is 1. The van der Waals surface area contributed by atoms with Gasteiger partial charge in [0.2, 0.25) is 0 Å². The molecule has 1 radical (unpaired) electrons. The number of benzene rings is 3. The number of nitrogens with one attached hydrogen (secondary N) is 1. The van der Waals surface area contributed by atoms with Crippen molar-refractivity contribution in [3.05, 3.63) is 59.2 Å². The van der Waals surface area contributed by atoms with E-state index in [1.165, 1.54) is 0 Å². The van der Waals surface area contributed by atoms with E-state index in [-0.39, 0.29) is 38.5 Å². The maximum atomic E-state index is 10.7. The van der Waals surface area contributed by atoms with Crippen LogP contribution in [0.3, 0.4) is 0 Å². The zero-order valence-electron chi connectivity index (χ0n) is 14.9. The number of phenolic OH excluding ortho intramolecular Hbond substituents is 1. The van der Waals surface area contributed by atoms with Crippen LogP contribution in [0.25, 0.3) is 10.8 Å². The maximum Gasteiger partial charge on any atom is 0.151 e. The fourth-order valence-corrected chi connectivity index (χ4v) is 2.79. The Morgan fingerprint density at radius 1 is 1.00 bits per heavy atom. The summed E-state index contributed by atoms with van der Waals surface area (Å²) in [6.45, 7) is 5.93. The van der Waals surface area contributed by atoms with Crippen molar-refractivity contribution in [2.75, 3.05) is 12.4 Å². The predicted octanol–water partition coefficient (Wildman–Crippen LogP) is 5.73. The number of anilines is 1. The Labute approximate surface area is 173 Å². The van der Waals surface area contributed by atoms with Crippen molar-refractivity contribution in [3.63, 3.8) is 0 Å². The first kappa shape index (κ1) is 19.5. The van der Waals surface area contributed by atoms with E-state index in [0.29, 0.717) is 5.69 Å². The van der Waals surface area contributed by atoms with Crippen molar-refractivity contribution in [3.8, 4) is 5.75 Å². The number of fused-ring (bicyclic) bond motifs is 1. The van der Waals surface area contributed by atoms with E-state index in [1.807, 2.05) is 52.1 Å². The molecular weight excluding hydrogens is 387 g/mol. The van der Waals surface area contributed by atoms with Crippen molar-refractivity contribution in [2.24, 2.45) is 10.2 Å². The molecule has 0 spiro atoms. The molecule has 0 amide bonds. The van der Waals surface area contributed by atoms with Crippen LogP contribution in [0, 0.1) is 26.8 Å². The molecule has 0 aliphatic heterocycles. The monoisotopic (exact) mass is 407 g/mol. The average Bonchev–Trinajstić information content (AvgIpc) is 2.55. The van der Waals surface area contributed by atoms with Gasteiger partial charge in [-0.05, 0) is 54.2 Å². The number of hydrogen-bond acceptors (Lipinski definition) is 4. The molecule has 0 unspecified atom stereocenters. The Balaban J connectivity index is 0.00000225. The molecule has 0 atom stereocenters. The average molecular weight is 407 g/mol. The van der Waals surface area contributed by atoms with E-state index in [9.17, 15) is 5.11 Å². The van der Waals surface area contributed by atoms with Gasteiger partial charge in [-0.3, -0.25) is 0 Å². The van der Waals surface area contributed by atoms with Crippen LogP contribution >= 0.6 is 0 Å². The Bertz CT molecular complexity index is 951. The Morgan fingerprint density at radius 2 is 1.72 bits per heavy atom. The van der Waals surface area contributed by atoms with Gasteiger partial charge in [-0.25, -0.2) is 0 Å². The summed E-state index contributed by atoms with van der Waals surface area (Å²) in [6.07, 6.45) is 0. The molecule has 0 saturated carbocycles. The van der Waals surface area contributed by atoms with Crippen LogP contribution in [0.2, 0.25) is 0 Å². The summed E-state index contributed by atoms with van der Waals surface area (Å²) in [6, 6.07) is 14.6. The number of aryl methyl sites for hydroxylation is 3. The number of rotatable bonds is 3. The largest absolute Gasteiger partial charge is 0.505 e. The first-order chi connectivity index (χ1) is 11.5. The van der Waals surface area contributed by atoms with Crippen molar-refractivity contribution >= 4 is 27.8 Å². The van der Waals surface area contributed by atoms with Gasteiger partial charge >= 0.3 is 0 Å². The first-order valence-corrected chi connectivity index (χ1v) is 7.84. The van der Waals surface area contributed by atoms with Gasteiger partial charge in [-0.2, -0.15) is 23.3 Å². The summed E-state index contributed by atoms with van der Waals surface area (Å²) in [7, 11) is 1.87. The third-order valence-electron chi connectivity index (χ3n) is 4.19. The van der Waals surface area contributed by atoms with Gasteiger partial charge < -0.3 is 10.4 Å². The van der Waals surface area contributed by atoms with E-state index >= 15 is 0 Å². The fraction of sp³-hybridized carbons (Fsp3) is 0.200. The normalized spacial score (nSPS) is 10.9. The van der Waals surface area contributed by atoms with E-state index in [2.05, 4.69) is 27.7 Å². The zero-order chi connectivity index (χ0) is 17.3. The van der Waals surface area contributed by atoms with Crippen molar-refractivity contribution in [2.45, 2.75) is 20.8 Å². The van der Waals surface area contributed by atoms with Gasteiger partial charge in [0.15, 0.2) is 5.75 Å². The van der Waals surface area contributed by atoms with E-state index in [4.69, 9.17) is 0 Å². The van der Waals surface area contributed by atoms with E-state index in [1.54, 1.807) is 6.07 Å². The molecule has 5 heteroatoms. The standard InChI is InChI=1S/C20H20N3O.Y/c1-12-7-5-6-8-17(12)22-23-19-14(3)10-15-9-13(2)18(21-4)11-16(15)20(19)24;/h6-11,21,24H,1-4H3;/q-1;. The van der Waals surface area contributed by atoms with Gasteiger partial charge in [0.1, 0.15) is 5.69 Å². The van der Waals surface area contributed by atoms with Gasteiger partial charge in [0.25, 0.3) is 0 Å². The van der Waals surface area contributed by atoms with E-state index < -0.39 is 0 Å². The molecule has 3 rings (SSSR count). The van der Waals surface area contributed by atoms with E-state index in [0.717, 1.165) is 38.8 Å². The van der Waals surface area contributed by atoms with Crippen LogP contribution in [0.5, 0.6) is 5.75 Å². The van der Waals surface area contributed by atoms with Crippen LogP contribution in [0.4, 0.5) is 17.1 Å². The third kappa shape index (κ3) is 3.91. The van der Waals surface area contributed by atoms with Crippen LogP contribution in [-0.2, 0) is 32.7 Å². The minimum absolute atomic E-state index is 0. The number of phenols is 1. The zero-order valence-corrected chi connectivity index (χ0v) is 17.7. The minimum atomic E-state index is 0. The SMILES string of the molecule is CNc1cc2c(O)c(N=Nc3cc[c-]cc3C)c(C)cc2cc1C.[Y]. The summed E-state index contributed by atoms with van der Waals surface area (Å²) < 4.78 is 0. The first-order valence-electron chi connectivity index (χ1n) is 7.84. The van der Waals surface area contributed by atoms with Crippen LogP contribution in [-0.4, -0.2) is 12.2 Å². The quantitative estimate of drug-likeness (QED) is 0.431. The topological polar surface area (TPSA) is 57.0 Å². The van der Waals surface area contributed by atoms with Crippen LogP contribution in [0.15, 0.2) is 46.6 Å². The Hall–Kier alpha value is -1.78. The Kier molecular flexibility index (Phi) is 6.31. The van der Waals surface area contributed by atoms with Gasteiger partial charge in [-0.1, -0.05) is 6.92 Å². The smallest absolute Gasteiger partial charge is 0.151 e. The van der Waals surface area contributed by atoms with Crippen molar-refractivity contribution in [1.82, 2.24) is 0 Å². The van der Waals surface area contributed by atoms with Crippen LogP contribution in [0.1, 0.15) is 16.7 Å². The number of azo groups is 1. The summed E-state index contributed by atoms with van der Waals surface area (Å²) >= 11 is 0. The third-order valence-corrected chi connectivity index (χ3v) is 4.19. The molecule has 0 aliphatic rings. The molecule has 0 bridgehead atoms. The number of nitrogens with zero attached hydrogens (tertiary/aromatic N) is 2. The molecule has 2 N–H and O–H groups in total. The summed E-state index contributed by atoms with van der Waals surface area (Å²) in [5.41, 5.74) is 5.27. The molecule has 0 heterocycles. The number of hydrogen-bond donors (Lipinski definition) is 2. The van der Waals surface area contributed by atoms with Crippen molar-refractivity contribution in [1.29, 1.82) is 0 Å². The fourth-order valence-electron chi connectivity index (χ4n) is 2.79. The summed E-state index contributed by atoms with van der Waals surface area (Å²) in [4.78, 5) is 0. The maximum absolute atomic E-state index is 10.7. The van der Waals surface area contributed by atoms with Gasteiger partial charge in [-0.15, -0.1) is 16.7 Å². The molecule has 25 heavy (non-hydrogen) atoms. The summed E-state index contributed by atoms with van der Waals surface area (Å²) in [5.74, 6) is 0.158. The molecular formula is C20H20N3OY-. The van der Waals surface area contributed by atoms with Gasteiger partial charge in [0.05, 0.1) is 0 Å². The molecule has 0 fully saturated rings. The second-order valence-electron chi connectivity index (χ2n) is 5.94. The second kappa shape index (κ2) is 8.07.